The first kappa shape index (κ1) is 26.2. The number of rotatable bonds is 4. The molecular formula is C29H32N2O7. The summed E-state index contributed by atoms with van der Waals surface area (Å²) in [7, 11) is 3.13. The minimum absolute atomic E-state index is 0.0160. The first-order valence-corrected chi connectivity index (χ1v) is 12.9. The summed E-state index contributed by atoms with van der Waals surface area (Å²) >= 11 is 0. The predicted octanol–water partition coefficient (Wildman–Crippen LogP) is 1.33. The van der Waals surface area contributed by atoms with Crippen molar-refractivity contribution >= 4 is 34.6 Å². The Morgan fingerprint density at radius 2 is 1.84 bits per heavy atom. The molecule has 1 aromatic carbocycles. The lowest BCUT2D eigenvalue weighted by atomic mass is 9.52. The van der Waals surface area contributed by atoms with Gasteiger partial charge in [-0.2, -0.15) is 0 Å². The van der Waals surface area contributed by atoms with Crippen LogP contribution in [0.5, 0.6) is 5.75 Å². The minimum atomic E-state index is -2.72. The van der Waals surface area contributed by atoms with Crippen LogP contribution >= 0.6 is 0 Å². The highest BCUT2D eigenvalue weighted by Gasteiger charge is 2.69. The second-order valence-corrected chi connectivity index (χ2v) is 11.5. The van der Waals surface area contributed by atoms with Gasteiger partial charge in [-0.3, -0.25) is 28.9 Å². The zero-order valence-corrected chi connectivity index (χ0v) is 21.9. The zero-order chi connectivity index (χ0) is 27.8. The number of phenols is 1. The lowest BCUT2D eigenvalue weighted by molar-refractivity contribution is -0.181. The van der Waals surface area contributed by atoms with Crippen molar-refractivity contribution in [2.75, 3.05) is 14.1 Å². The Hall–Kier alpha value is -3.43. The number of aromatic hydroxyl groups is 1. The van der Waals surface area contributed by atoms with E-state index in [4.69, 9.17) is 5.73 Å². The fraction of sp³-hybridized carbons (Fsp3) is 0.483. The summed E-state index contributed by atoms with van der Waals surface area (Å²) in [6, 6.07) is 0.791. The van der Waals surface area contributed by atoms with E-state index in [0.29, 0.717) is 17.5 Å². The standard InChI is InChI=1S/C29H32N2O7/c1-12(2)15-11-16(13-7-5-6-8-13)23(32)20-17(15)9-14-10-18-22(31(3)4)25(34)21(28(30)37)27(36)29(18,38)26(35)19(14)24(20)33/h5-7,11-12,14,18-19,21-22,32,38H,8-10H2,1-4H3,(H2,30,37)/t14-,18-,19?,21?,22-,29-/m0/s1. The van der Waals surface area contributed by atoms with E-state index in [-0.39, 0.29) is 30.1 Å². The van der Waals surface area contributed by atoms with Crippen LogP contribution in [0, 0.1) is 23.7 Å². The Bertz CT molecular complexity index is 1370. The number of fused-ring (bicyclic) bond motifs is 3. The molecule has 0 aliphatic heterocycles. The molecule has 0 heterocycles. The van der Waals surface area contributed by atoms with Crippen LogP contribution in [0.3, 0.4) is 0 Å². The normalized spacial score (nSPS) is 32.4. The summed E-state index contributed by atoms with van der Waals surface area (Å²) in [6.45, 7) is 3.98. The third kappa shape index (κ3) is 3.41. The van der Waals surface area contributed by atoms with Crippen molar-refractivity contribution < 1.29 is 34.2 Å². The molecule has 9 heteroatoms. The summed E-state index contributed by atoms with van der Waals surface area (Å²) in [4.78, 5) is 68.2. The molecule has 0 radical (unpaired) electrons. The van der Waals surface area contributed by atoms with Gasteiger partial charge in [-0.25, -0.2) is 0 Å². The average molecular weight is 521 g/mol. The summed E-state index contributed by atoms with van der Waals surface area (Å²) in [6.07, 6.45) is 6.57. The highest BCUT2D eigenvalue weighted by molar-refractivity contribution is 6.32. The number of ketones is 4. The molecule has 38 heavy (non-hydrogen) atoms. The third-order valence-corrected chi connectivity index (χ3v) is 8.84. The van der Waals surface area contributed by atoms with Gasteiger partial charge in [0.2, 0.25) is 5.91 Å². The summed E-state index contributed by atoms with van der Waals surface area (Å²) in [5, 5.41) is 23.0. The maximum atomic E-state index is 14.0. The molecule has 2 unspecified atom stereocenters. The van der Waals surface area contributed by atoms with Gasteiger partial charge in [0, 0.05) is 11.5 Å². The van der Waals surface area contributed by atoms with Crippen molar-refractivity contribution in [1.82, 2.24) is 4.90 Å². The maximum absolute atomic E-state index is 14.0. The van der Waals surface area contributed by atoms with Crippen LogP contribution in [-0.2, 0) is 25.6 Å². The second kappa shape index (κ2) is 8.81. The van der Waals surface area contributed by atoms with E-state index in [1.807, 2.05) is 38.1 Å². The van der Waals surface area contributed by atoms with Gasteiger partial charge in [-0.15, -0.1) is 0 Å². The SMILES string of the molecule is CC(C)c1cc(C2=CC=CC2)c(O)c2c1C[C@H]1C[C@H]3[C@H](N(C)C)C(=O)C(C(N)=O)C(=O)[C@@]3(O)C(=O)C1C2=O. The average Bonchev–Trinajstić information content (AvgIpc) is 3.35. The van der Waals surface area contributed by atoms with Crippen molar-refractivity contribution in [3.8, 4) is 5.75 Å². The van der Waals surface area contributed by atoms with Crippen LogP contribution in [0.2, 0.25) is 0 Å². The fourth-order valence-corrected chi connectivity index (χ4v) is 7.11. The first-order chi connectivity index (χ1) is 17.8. The van der Waals surface area contributed by atoms with E-state index >= 15 is 0 Å². The van der Waals surface area contributed by atoms with Crippen molar-refractivity contribution in [3.05, 3.63) is 46.5 Å². The Morgan fingerprint density at radius 3 is 2.39 bits per heavy atom. The minimum Gasteiger partial charge on any atom is -0.507 e. The van der Waals surface area contributed by atoms with Crippen molar-refractivity contribution in [2.45, 2.75) is 50.7 Å². The van der Waals surface area contributed by atoms with E-state index in [2.05, 4.69) is 0 Å². The summed E-state index contributed by atoms with van der Waals surface area (Å²) in [5.74, 6) is -10.2. The number of nitrogens with two attached hydrogens (primary N) is 1. The van der Waals surface area contributed by atoms with Crippen molar-refractivity contribution in [3.63, 3.8) is 0 Å². The third-order valence-electron chi connectivity index (χ3n) is 8.84. The fourth-order valence-electron chi connectivity index (χ4n) is 7.11. The number of carbonyl (C=O) groups is 5. The molecule has 1 aromatic rings. The Labute approximate surface area is 220 Å². The van der Waals surface area contributed by atoms with E-state index in [9.17, 15) is 34.2 Å². The number of primary amides is 1. The molecule has 4 aliphatic carbocycles. The van der Waals surface area contributed by atoms with Crippen LogP contribution in [0.1, 0.15) is 59.7 Å². The van der Waals surface area contributed by atoms with Crippen LogP contribution < -0.4 is 5.73 Å². The molecule has 6 atom stereocenters. The maximum Gasteiger partial charge on any atom is 0.235 e. The van der Waals surface area contributed by atoms with Crippen LogP contribution in [-0.4, -0.2) is 69.9 Å². The Balaban J connectivity index is 1.68. The smallest absolute Gasteiger partial charge is 0.235 e. The lowest BCUT2D eigenvalue weighted by Gasteiger charge is -2.52. The van der Waals surface area contributed by atoms with Crippen LogP contribution in [0.4, 0.5) is 0 Å². The highest BCUT2D eigenvalue weighted by atomic mass is 16.3. The number of Topliss-reactive ketones (excluding diaryl/α,β-unsaturated/α-hetero) is 4. The molecule has 5 rings (SSSR count). The lowest BCUT2D eigenvalue weighted by Crippen LogP contribution is -2.74. The van der Waals surface area contributed by atoms with Gasteiger partial charge in [0.15, 0.2) is 34.7 Å². The van der Waals surface area contributed by atoms with Gasteiger partial charge < -0.3 is 15.9 Å². The molecule has 2 fully saturated rings. The number of hydrogen-bond acceptors (Lipinski definition) is 8. The van der Waals surface area contributed by atoms with Gasteiger partial charge in [0.1, 0.15) is 5.75 Å². The number of hydrogen-bond donors (Lipinski definition) is 3. The molecule has 200 valence electrons. The summed E-state index contributed by atoms with van der Waals surface area (Å²) in [5.41, 5.74) is 5.60. The van der Waals surface area contributed by atoms with Crippen molar-refractivity contribution in [1.29, 1.82) is 0 Å². The molecule has 0 saturated heterocycles. The van der Waals surface area contributed by atoms with Crippen molar-refractivity contribution in [2.24, 2.45) is 29.4 Å². The number of benzene rings is 1. The quantitative estimate of drug-likeness (QED) is 0.502. The molecule has 2 saturated carbocycles. The number of allylic oxidation sites excluding steroid dienone is 4. The van der Waals surface area contributed by atoms with E-state index in [1.165, 1.54) is 4.90 Å². The van der Waals surface area contributed by atoms with Gasteiger partial charge in [-0.05, 0) is 68.0 Å². The molecule has 0 spiro atoms. The molecular weight excluding hydrogens is 488 g/mol. The number of amides is 1. The molecule has 4 N–H and O–H groups in total. The molecule has 1 amide bonds. The molecule has 0 bridgehead atoms. The van der Waals surface area contributed by atoms with E-state index in [1.54, 1.807) is 14.1 Å². The topological polar surface area (TPSA) is 155 Å². The van der Waals surface area contributed by atoms with Gasteiger partial charge in [0.25, 0.3) is 0 Å². The number of likely N-dealkylation sites (N-methyl/N-ethyl adjacent to an activating group) is 1. The Kier molecular flexibility index (Phi) is 6.07. The summed E-state index contributed by atoms with van der Waals surface area (Å²) < 4.78 is 0. The first-order valence-electron chi connectivity index (χ1n) is 12.9. The van der Waals surface area contributed by atoms with E-state index < -0.39 is 64.4 Å². The second-order valence-electron chi connectivity index (χ2n) is 11.5. The molecule has 0 aromatic heterocycles. The molecule has 4 aliphatic rings. The van der Waals surface area contributed by atoms with Gasteiger partial charge in [0.05, 0.1) is 17.5 Å². The number of carbonyl (C=O) groups excluding carboxylic acids is 5. The van der Waals surface area contributed by atoms with Gasteiger partial charge in [-0.1, -0.05) is 32.1 Å². The van der Waals surface area contributed by atoms with Crippen LogP contribution in [0.25, 0.3) is 5.57 Å². The predicted molar refractivity (Wildman–Crippen MR) is 137 cm³/mol. The monoisotopic (exact) mass is 520 g/mol. The molecule has 9 nitrogen and oxygen atoms in total. The van der Waals surface area contributed by atoms with Crippen LogP contribution in [0.15, 0.2) is 24.3 Å². The zero-order valence-electron chi connectivity index (χ0n) is 21.9. The van der Waals surface area contributed by atoms with E-state index in [0.717, 1.165) is 11.1 Å². The highest BCUT2D eigenvalue weighted by Crippen LogP contribution is 2.52. The van der Waals surface area contributed by atoms with Gasteiger partial charge >= 0.3 is 0 Å². The largest absolute Gasteiger partial charge is 0.507 e. The number of phenolic OH excluding ortho intramolecular Hbond substituents is 1. The Morgan fingerprint density at radius 1 is 1.16 bits per heavy atom. The number of aliphatic hydroxyl groups is 1. The number of nitrogens with zero attached hydrogens (tertiary/aromatic N) is 1.